The standard InChI is InChI=1S/C19H20N4OS/c1-4-12-5-7-13(8-6-12)23-11-21-16-15-14(22(2)3)9-10-20-18(15)25-17(16)19(23)24/h5-7,9-11,13H,4,8H2,1-3H3. The lowest BCUT2D eigenvalue weighted by atomic mass is 10.0. The summed E-state index contributed by atoms with van der Waals surface area (Å²) in [6.45, 7) is 2.14. The van der Waals surface area contributed by atoms with Crippen LogP contribution < -0.4 is 10.5 Å². The van der Waals surface area contributed by atoms with Crippen LogP contribution in [0, 0.1) is 0 Å². The van der Waals surface area contributed by atoms with Crippen LogP contribution in [0.1, 0.15) is 25.8 Å². The van der Waals surface area contributed by atoms with Crippen molar-refractivity contribution in [2.75, 3.05) is 19.0 Å². The molecule has 3 aromatic heterocycles. The lowest BCUT2D eigenvalue weighted by molar-refractivity contribution is 0.578. The molecule has 1 aliphatic carbocycles. The van der Waals surface area contributed by atoms with Crippen LogP contribution in [0.3, 0.4) is 0 Å². The topological polar surface area (TPSA) is 51.0 Å². The number of fused-ring (bicyclic) bond motifs is 3. The fourth-order valence-electron chi connectivity index (χ4n) is 3.28. The first-order valence-corrected chi connectivity index (χ1v) is 9.24. The van der Waals surface area contributed by atoms with E-state index < -0.39 is 0 Å². The molecule has 0 saturated heterocycles. The summed E-state index contributed by atoms with van der Waals surface area (Å²) in [5, 5.41) is 0.962. The number of allylic oxidation sites excluding steroid dienone is 4. The minimum Gasteiger partial charge on any atom is -0.377 e. The predicted molar refractivity (Wildman–Crippen MR) is 105 cm³/mol. The molecule has 6 heteroatoms. The summed E-state index contributed by atoms with van der Waals surface area (Å²) in [5.41, 5.74) is 3.12. The van der Waals surface area contributed by atoms with Crippen LogP contribution in [-0.4, -0.2) is 28.6 Å². The second-order valence-electron chi connectivity index (χ2n) is 6.44. The molecule has 25 heavy (non-hydrogen) atoms. The molecule has 0 bridgehead atoms. The molecule has 5 nitrogen and oxygen atoms in total. The quantitative estimate of drug-likeness (QED) is 0.717. The van der Waals surface area contributed by atoms with Gasteiger partial charge in [-0.25, -0.2) is 9.97 Å². The highest BCUT2D eigenvalue weighted by atomic mass is 32.1. The summed E-state index contributed by atoms with van der Waals surface area (Å²) >= 11 is 1.43. The van der Waals surface area contributed by atoms with Crippen molar-refractivity contribution in [3.8, 4) is 0 Å². The SMILES string of the molecule is CCC1=CCC(n2cnc3c(sc4nccc(N(C)C)c43)c2=O)C=C1. The minimum atomic E-state index is 0.0145. The molecule has 0 amide bonds. The maximum Gasteiger partial charge on any atom is 0.271 e. The molecule has 0 aromatic carbocycles. The van der Waals surface area contributed by atoms with Crippen molar-refractivity contribution in [3.63, 3.8) is 0 Å². The third kappa shape index (κ3) is 2.57. The fourth-order valence-corrected chi connectivity index (χ4v) is 4.33. The first-order chi connectivity index (χ1) is 12.1. The fraction of sp³-hybridized carbons (Fsp3) is 0.316. The van der Waals surface area contributed by atoms with Crippen molar-refractivity contribution in [1.82, 2.24) is 14.5 Å². The smallest absolute Gasteiger partial charge is 0.271 e. The third-order valence-corrected chi connectivity index (χ3v) is 5.76. The van der Waals surface area contributed by atoms with E-state index in [1.165, 1.54) is 16.9 Å². The molecule has 1 aliphatic rings. The highest BCUT2D eigenvalue weighted by Crippen LogP contribution is 2.35. The zero-order valence-electron chi connectivity index (χ0n) is 14.6. The molecule has 0 N–H and O–H groups in total. The summed E-state index contributed by atoms with van der Waals surface area (Å²) in [5.74, 6) is 0. The molecule has 4 rings (SSSR count). The lowest BCUT2D eigenvalue weighted by Crippen LogP contribution is -2.24. The van der Waals surface area contributed by atoms with Gasteiger partial charge in [0.15, 0.2) is 0 Å². The Kier molecular flexibility index (Phi) is 3.92. The monoisotopic (exact) mass is 352 g/mol. The van der Waals surface area contributed by atoms with E-state index in [1.807, 2.05) is 25.1 Å². The molecule has 0 fully saturated rings. The Morgan fingerprint density at radius 3 is 2.88 bits per heavy atom. The summed E-state index contributed by atoms with van der Waals surface area (Å²) in [7, 11) is 3.98. The van der Waals surface area contributed by atoms with Crippen molar-refractivity contribution in [2.24, 2.45) is 0 Å². The van der Waals surface area contributed by atoms with Crippen molar-refractivity contribution in [1.29, 1.82) is 0 Å². The molecule has 0 saturated carbocycles. The molecule has 0 aliphatic heterocycles. The highest BCUT2D eigenvalue weighted by molar-refractivity contribution is 7.25. The van der Waals surface area contributed by atoms with Gasteiger partial charge in [-0.1, -0.05) is 30.7 Å². The Morgan fingerprint density at radius 2 is 2.20 bits per heavy atom. The van der Waals surface area contributed by atoms with E-state index in [-0.39, 0.29) is 11.6 Å². The van der Waals surface area contributed by atoms with Gasteiger partial charge >= 0.3 is 0 Å². The average molecular weight is 352 g/mol. The Morgan fingerprint density at radius 1 is 1.36 bits per heavy atom. The number of hydrogen-bond acceptors (Lipinski definition) is 5. The van der Waals surface area contributed by atoms with Gasteiger partial charge in [0.1, 0.15) is 9.53 Å². The number of aromatic nitrogens is 3. The van der Waals surface area contributed by atoms with Gasteiger partial charge in [-0.15, -0.1) is 11.3 Å². The average Bonchev–Trinajstić information content (AvgIpc) is 3.02. The molecule has 128 valence electrons. The van der Waals surface area contributed by atoms with Gasteiger partial charge in [0, 0.05) is 20.3 Å². The Bertz CT molecular complexity index is 1070. The first-order valence-electron chi connectivity index (χ1n) is 8.43. The van der Waals surface area contributed by atoms with Crippen LogP contribution in [0.25, 0.3) is 20.4 Å². The van der Waals surface area contributed by atoms with E-state index in [1.54, 1.807) is 17.1 Å². The van der Waals surface area contributed by atoms with Gasteiger partial charge < -0.3 is 4.90 Å². The van der Waals surface area contributed by atoms with Crippen LogP contribution in [0.2, 0.25) is 0 Å². The minimum absolute atomic E-state index is 0.0145. The van der Waals surface area contributed by atoms with Gasteiger partial charge in [0.25, 0.3) is 5.56 Å². The molecule has 1 unspecified atom stereocenters. The van der Waals surface area contributed by atoms with Crippen LogP contribution in [0.4, 0.5) is 5.69 Å². The van der Waals surface area contributed by atoms with Gasteiger partial charge in [0.2, 0.25) is 0 Å². The second-order valence-corrected chi connectivity index (χ2v) is 7.44. The van der Waals surface area contributed by atoms with Crippen molar-refractivity contribution < 1.29 is 0 Å². The Hall–Kier alpha value is -2.47. The van der Waals surface area contributed by atoms with E-state index in [2.05, 4.69) is 35.1 Å². The van der Waals surface area contributed by atoms with Crippen LogP contribution in [0.15, 0.2) is 47.2 Å². The molecule has 0 spiro atoms. The number of thiophene rings is 1. The van der Waals surface area contributed by atoms with E-state index in [0.29, 0.717) is 4.70 Å². The zero-order chi connectivity index (χ0) is 17.6. The van der Waals surface area contributed by atoms with Crippen LogP contribution in [-0.2, 0) is 0 Å². The highest BCUT2D eigenvalue weighted by Gasteiger charge is 2.19. The zero-order valence-corrected chi connectivity index (χ0v) is 15.4. The summed E-state index contributed by atoms with van der Waals surface area (Å²) < 4.78 is 2.42. The van der Waals surface area contributed by atoms with Crippen molar-refractivity contribution in [2.45, 2.75) is 25.8 Å². The van der Waals surface area contributed by atoms with Crippen LogP contribution in [0.5, 0.6) is 0 Å². The molecule has 3 heterocycles. The maximum absolute atomic E-state index is 13.1. The second kappa shape index (κ2) is 6.11. The van der Waals surface area contributed by atoms with E-state index in [4.69, 9.17) is 0 Å². The lowest BCUT2D eigenvalue weighted by Gasteiger charge is -2.18. The van der Waals surface area contributed by atoms with E-state index in [9.17, 15) is 4.79 Å². The van der Waals surface area contributed by atoms with Gasteiger partial charge in [-0.05, 0) is 18.9 Å². The van der Waals surface area contributed by atoms with Gasteiger partial charge in [-0.3, -0.25) is 9.36 Å². The first kappa shape index (κ1) is 16.0. The largest absolute Gasteiger partial charge is 0.377 e. The number of rotatable bonds is 3. The number of nitrogens with zero attached hydrogens (tertiary/aromatic N) is 4. The van der Waals surface area contributed by atoms with Crippen molar-refractivity contribution in [3.05, 3.63) is 52.7 Å². The van der Waals surface area contributed by atoms with Crippen molar-refractivity contribution >= 4 is 37.5 Å². The Labute approximate surface area is 149 Å². The summed E-state index contributed by atoms with van der Waals surface area (Å²) in [6.07, 6.45) is 11.7. The number of anilines is 1. The maximum atomic E-state index is 13.1. The molecule has 3 aromatic rings. The normalized spacial score (nSPS) is 17.2. The molecular weight excluding hydrogens is 332 g/mol. The third-order valence-electron chi connectivity index (χ3n) is 4.69. The summed E-state index contributed by atoms with van der Waals surface area (Å²) in [4.78, 5) is 25.0. The Balaban J connectivity index is 1.89. The molecule has 0 radical (unpaired) electrons. The number of pyridine rings is 1. The van der Waals surface area contributed by atoms with Crippen LogP contribution >= 0.6 is 11.3 Å². The predicted octanol–water partition coefficient (Wildman–Crippen LogP) is 3.91. The van der Waals surface area contributed by atoms with E-state index >= 15 is 0 Å². The molecular formula is C19H20N4OS. The number of hydrogen-bond donors (Lipinski definition) is 0. The van der Waals surface area contributed by atoms with Gasteiger partial charge in [-0.2, -0.15) is 0 Å². The van der Waals surface area contributed by atoms with Gasteiger partial charge in [0.05, 0.1) is 29.0 Å². The molecule has 1 atom stereocenters. The van der Waals surface area contributed by atoms with E-state index in [0.717, 1.165) is 34.3 Å². The summed E-state index contributed by atoms with van der Waals surface area (Å²) in [6, 6.07) is 1.99.